The number of halogens is 2. The second-order valence-electron chi connectivity index (χ2n) is 2.58. The lowest BCUT2D eigenvalue weighted by Gasteiger charge is -2.08. The molecule has 15 heavy (non-hydrogen) atoms. The molecule has 0 heterocycles. The van der Waals surface area contributed by atoms with E-state index in [-0.39, 0.29) is 11.5 Å². The summed E-state index contributed by atoms with van der Waals surface area (Å²) in [5.74, 6) is -0.792. The minimum atomic E-state index is -4.13. The molecule has 4 nitrogen and oxygen atoms in total. The Labute approximate surface area is 91.0 Å². The Balaban J connectivity index is 3.46. The summed E-state index contributed by atoms with van der Waals surface area (Å²) >= 11 is 0. The fourth-order valence-corrected chi connectivity index (χ4v) is 1.92. The van der Waals surface area contributed by atoms with Crippen molar-refractivity contribution in [2.75, 3.05) is 14.2 Å². The van der Waals surface area contributed by atoms with Crippen molar-refractivity contribution in [2.45, 2.75) is 4.90 Å². The maximum absolute atomic E-state index is 13.3. The van der Waals surface area contributed by atoms with Gasteiger partial charge in [0.2, 0.25) is 0 Å². The number of methoxy groups -OCH3 is 2. The predicted octanol–water partition coefficient (Wildman–Crippen LogP) is 1.77. The van der Waals surface area contributed by atoms with Crippen molar-refractivity contribution in [3.8, 4) is 11.5 Å². The molecule has 0 aromatic heterocycles. The molecule has 0 aliphatic heterocycles. The molecule has 0 atom stereocenters. The van der Waals surface area contributed by atoms with Crippen molar-refractivity contribution in [1.82, 2.24) is 0 Å². The minimum absolute atomic E-state index is 0.0955. The van der Waals surface area contributed by atoms with Crippen LogP contribution in [0, 0.1) is 5.82 Å². The molecule has 0 aliphatic rings. The Morgan fingerprint density at radius 3 is 2.07 bits per heavy atom. The number of benzene rings is 1. The van der Waals surface area contributed by atoms with Crippen LogP contribution in [0.4, 0.5) is 4.39 Å². The average Bonchev–Trinajstić information content (AvgIpc) is 2.15. The first-order valence-electron chi connectivity index (χ1n) is 3.76. The van der Waals surface area contributed by atoms with E-state index in [0.717, 1.165) is 12.1 Å². The number of ether oxygens (including phenoxy) is 2. The Hall–Kier alpha value is -1.01. The van der Waals surface area contributed by atoms with E-state index in [2.05, 4.69) is 0 Å². The van der Waals surface area contributed by atoms with E-state index < -0.39 is 19.8 Å². The molecule has 1 aromatic rings. The lowest BCUT2D eigenvalue weighted by atomic mass is 10.3. The molecule has 0 unspecified atom stereocenters. The van der Waals surface area contributed by atoms with E-state index in [4.69, 9.17) is 20.2 Å². The Morgan fingerprint density at radius 2 is 1.67 bits per heavy atom. The monoisotopic (exact) mass is 254 g/mol. The SMILES string of the molecule is COc1cc(F)c(S(=O)(=O)Cl)cc1OC. The topological polar surface area (TPSA) is 52.6 Å². The van der Waals surface area contributed by atoms with E-state index in [1.54, 1.807) is 0 Å². The molecule has 84 valence electrons. The van der Waals surface area contributed by atoms with Crippen LogP contribution in [0.5, 0.6) is 11.5 Å². The van der Waals surface area contributed by atoms with Gasteiger partial charge in [0.1, 0.15) is 10.7 Å². The summed E-state index contributed by atoms with van der Waals surface area (Å²) in [6, 6.07) is 1.87. The van der Waals surface area contributed by atoms with Crippen molar-refractivity contribution >= 4 is 19.7 Å². The molecule has 7 heteroatoms. The quantitative estimate of drug-likeness (QED) is 0.772. The zero-order valence-corrected chi connectivity index (χ0v) is 9.52. The number of rotatable bonds is 3. The molecule has 0 saturated heterocycles. The summed E-state index contributed by atoms with van der Waals surface area (Å²) in [7, 11) is 3.51. The van der Waals surface area contributed by atoms with Gasteiger partial charge in [-0.15, -0.1) is 0 Å². The molecular weight excluding hydrogens is 247 g/mol. The lowest BCUT2D eigenvalue weighted by molar-refractivity contribution is 0.350. The first-order valence-corrected chi connectivity index (χ1v) is 6.07. The van der Waals surface area contributed by atoms with Gasteiger partial charge in [0, 0.05) is 22.8 Å². The van der Waals surface area contributed by atoms with Crippen LogP contribution >= 0.6 is 10.7 Å². The van der Waals surface area contributed by atoms with Gasteiger partial charge in [-0.25, -0.2) is 12.8 Å². The van der Waals surface area contributed by atoms with Gasteiger partial charge in [-0.2, -0.15) is 0 Å². The van der Waals surface area contributed by atoms with Crippen molar-refractivity contribution < 1.29 is 22.3 Å². The summed E-state index contributed by atoms with van der Waals surface area (Å²) in [6.07, 6.45) is 0. The van der Waals surface area contributed by atoms with Crippen LogP contribution in [-0.2, 0) is 9.05 Å². The first-order chi connectivity index (χ1) is 6.90. The summed E-state index contributed by atoms with van der Waals surface area (Å²) in [5.41, 5.74) is 0. The second-order valence-corrected chi connectivity index (χ2v) is 5.11. The zero-order chi connectivity index (χ0) is 11.6. The van der Waals surface area contributed by atoms with Gasteiger partial charge in [-0.3, -0.25) is 0 Å². The molecule has 1 rings (SSSR count). The number of hydrogen-bond acceptors (Lipinski definition) is 4. The highest BCUT2D eigenvalue weighted by atomic mass is 35.7. The summed E-state index contributed by atoms with van der Waals surface area (Å²) in [6.45, 7) is 0. The van der Waals surface area contributed by atoms with E-state index in [1.165, 1.54) is 14.2 Å². The number of hydrogen-bond donors (Lipinski definition) is 0. The molecule has 0 aliphatic carbocycles. The highest BCUT2D eigenvalue weighted by Gasteiger charge is 2.20. The normalized spacial score (nSPS) is 11.2. The van der Waals surface area contributed by atoms with E-state index >= 15 is 0 Å². The van der Waals surface area contributed by atoms with Crippen LogP contribution in [-0.4, -0.2) is 22.6 Å². The fourth-order valence-electron chi connectivity index (χ4n) is 1.02. The second kappa shape index (κ2) is 4.24. The van der Waals surface area contributed by atoms with Crippen molar-refractivity contribution in [3.05, 3.63) is 17.9 Å². The Kier molecular flexibility index (Phi) is 3.41. The van der Waals surface area contributed by atoms with Gasteiger partial charge < -0.3 is 9.47 Å². The molecule has 1 aromatic carbocycles. The lowest BCUT2D eigenvalue weighted by Crippen LogP contribution is -1.99. The molecule has 0 radical (unpaired) electrons. The van der Waals surface area contributed by atoms with Crippen LogP contribution < -0.4 is 9.47 Å². The molecule has 0 spiro atoms. The minimum Gasteiger partial charge on any atom is -0.493 e. The van der Waals surface area contributed by atoms with Crippen molar-refractivity contribution in [2.24, 2.45) is 0 Å². The average molecular weight is 255 g/mol. The van der Waals surface area contributed by atoms with Crippen LogP contribution in [0.2, 0.25) is 0 Å². The third kappa shape index (κ3) is 2.51. The molecule has 0 amide bonds. The van der Waals surface area contributed by atoms with E-state index in [9.17, 15) is 12.8 Å². The van der Waals surface area contributed by atoms with Crippen LogP contribution in [0.1, 0.15) is 0 Å². The summed E-state index contributed by atoms with van der Waals surface area (Å²) < 4.78 is 44.7. The summed E-state index contributed by atoms with van der Waals surface area (Å²) in [5, 5.41) is 0. The smallest absolute Gasteiger partial charge is 0.264 e. The van der Waals surface area contributed by atoms with E-state index in [1.807, 2.05) is 0 Å². The van der Waals surface area contributed by atoms with Gasteiger partial charge in [0.15, 0.2) is 11.5 Å². The van der Waals surface area contributed by atoms with Gasteiger partial charge >= 0.3 is 0 Å². The standard InChI is InChI=1S/C8H8ClFO4S/c1-13-6-3-5(10)8(15(9,11)12)4-7(6)14-2/h3-4H,1-2H3. The molecule has 0 bridgehead atoms. The molecule has 0 fully saturated rings. The van der Waals surface area contributed by atoms with Gasteiger partial charge in [-0.1, -0.05) is 0 Å². The largest absolute Gasteiger partial charge is 0.493 e. The maximum Gasteiger partial charge on any atom is 0.264 e. The Morgan fingerprint density at radius 1 is 1.20 bits per heavy atom. The molecular formula is C8H8ClFO4S. The van der Waals surface area contributed by atoms with Crippen molar-refractivity contribution in [3.63, 3.8) is 0 Å². The zero-order valence-electron chi connectivity index (χ0n) is 7.95. The third-order valence-corrected chi connectivity index (χ3v) is 3.04. The van der Waals surface area contributed by atoms with Gasteiger partial charge in [-0.05, 0) is 0 Å². The van der Waals surface area contributed by atoms with Gasteiger partial charge in [0.05, 0.1) is 14.2 Å². The maximum atomic E-state index is 13.3. The predicted molar refractivity (Wildman–Crippen MR) is 52.5 cm³/mol. The fraction of sp³-hybridized carbons (Fsp3) is 0.250. The van der Waals surface area contributed by atoms with Crippen LogP contribution in [0.15, 0.2) is 17.0 Å². The Bertz CT molecular complexity index is 472. The van der Waals surface area contributed by atoms with Crippen molar-refractivity contribution in [1.29, 1.82) is 0 Å². The molecule has 0 N–H and O–H groups in total. The summed E-state index contributed by atoms with van der Waals surface area (Å²) in [4.78, 5) is -0.637. The van der Waals surface area contributed by atoms with E-state index in [0.29, 0.717) is 0 Å². The first kappa shape index (κ1) is 12.1. The highest BCUT2D eigenvalue weighted by Crippen LogP contribution is 2.32. The van der Waals surface area contributed by atoms with Crippen LogP contribution in [0.25, 0.3) is 0 Å². The molecule has 0 saturated carbocycles. The third-order valence-electron chi connectivity index (χ3n) is 1.70. The van der Waals surface area contributed by atoms with Gasteiger partial charge in [0.25, 0.3) is 9.05 Å². The van der Waals surface area contributed by atoms with Crippen LogP contribution in [0.3, 0.4) is 0 Å². The highest BCUT2D eigenvalue weighted by molar-refractivity contribution is 8.13.